The molecule has 5 atom stereocenters. The fourth-order valence-corrected chi connectivity index (χ4v) is 8.10. The predicted octanol–water partition coefficient (Wildman–Crippen LogP) is -3.23. The molecular formula is C33H66N8O11P2S. The van der Waals surface area contributed by atoms with Crippen LogP contribution in [-0.2, 0) is 29.2 Å². The first-order valence-corrected chi connectivity index (χ1v) is 22.8. The van der Waals surface area contributed by atoms with Crippen LogP contribution in [0.3, 0.4) is 0 Å². The number of quaternary nitrogens is 3. The van der Waals surface area contributed by atoms with Gasteiger partial charge in [-0.3, -0.25) is 18.7 Å². The van der Waals surface area contributed by atoms with Gasteiger partial charge in [0.2, 0.25) is 5.95 Å². The molecule has 0 radical (unpaired) electrons. The Labute approximate surface area is 329 Å². The number of nitrogen functional groups attached to an aromatic ring is 1. The Bertz CT molecular complexity index is 1450. The van der Waals surface area contributed by atoms with Crippen LogP contribution >= 0.6 is 27.0 Å². The first kappa shape index (κ1) is 51.0. The van der Waals surface area contributed by atoms with Crippen LogP contribution in [0.15, 0.2) is 22.3 Å². The van der Waals surface area contributed by atoms with Crippen molar-refractivity contribution in [2.24, 2.45) is 0 Å². The molecule has 1 unspecified atom stereocenters. The number of nitrogens with zero attached hydrogens (tertiary/aromatic N) is 3. The highest BCUT2D eigenvalue weighted by Gasteiger charge is 2.49. The lowest BCUT2D eigenvalue weighted by Crippen LogP contribution is -3.11. The standard InChI is InChI=1S/C15H21N5O11P2S.3C6H15N/c16-15-17-12-9(13(23)18-15)19(4-7-2-1-3-34-7)6-20(12)14-11(22)10(21)8(30-14)5-29-33(27,28)31-32(24,25)26;3*1-4-7(5-2)6-3/h1-3,8,10-11,14,21-22H,4-6H2,(H,27,28)(H2,24,25,26)(H3,16,17,18,23);3*4-6H2,1-3H3/t8-,10-,11-,14-;;;/m1.../s1. The first-order valence-electron chi connectivity index (χ1n) is 19.0. The third kappa shape index (κ3) is 17.2. The van der Waals surface area contributed by atoms with Crippen molar-refractivity contribution in [3.63, 3.8) is 0 Å². The minimum absolute atomic E-state index is 0.00645. The Hall–Kier alpha value is -2.00. The van der Waals surface area contributed by atoms with E-state index in [2.05, 4.69) is 81.1 Å². The maximum Gasteiger partial charge on any atom is 0.278 e. The van der Waals surface area contributed by atoms with Gasteiger partial charge in [0.25, 0.3) is 13.4 Å². The highest BCUT2D eigenvalue weighted by Crippen LogP contribution is 2.50. The first-order chi connectivity index (χ1) is 25.9. The van der Waals surface area contributed by atoms with Gasteiger partial charge in [-0.15, -0.1) is 11.3 Å². The number of nitrogens with two attached hydrogens (primary N) is 1. The normalized spacial score (nSPS) is 20.4. The quantitative estimate of drug-likeness (QED) is 0.0773. The molecule has 8 N–H and O–H groups in total. The molecule has 0 aliphatic carbocycles. The summed E-state index contributed by atoms with van der Waals surface area (Å²) in [7, 11) is -11.5. The van der Waals surface area contributed by atoms with E-state index in [-0.39, 0.29) is 24.1 Å². The van der Waals surface area contributed by atoms with E-state index in [0.717, 1.165) is 4.88 Å². The summed E-state index contributed by atoms with van der Waals surface area (Å²) in [6.45, 7) is 30.8. The van der Waals surface area contributed by atoms with E-state index in [1.165, 1.54) is 75.1 Å². The summed E-state index contributed by atoms with van der Waals surface area (Å²) in [5.74, 6) is -0.143. The van der Waals surface area contributed by atoms with Gasteiger partial charge in [0.1, 0.15) is 24.0 Å². The number of thiophene rings is 1. The minimum Gasteiger partial charge on any atom is -0.790 e. The molecule has 19 nitrogen and oxygen atoms in total. The highest BCUT2D eigenvalue weighted by atomic mass is 32.1. The van der Waals surface area contributed by atoms with Crippen molar-refractivity contribution in [2.75, 3.05) is 87.7 Å². The number of aliphatic hydroxyl groups excluding tert-OH is 2. The summed E-state index contributed by atoms with van der Waals surface area (Å²) < 4.78 is 35.2. The molecule has 55 heavy (non-hydrogen) atoms. The molecule has 0 spiro atoms. The molecule has 2 aromatic heterocycles. The van der Waals surface area contributed by atoms with E-state index >= 15 is 0 Å². The van der Waals surface area contributed by atoms with Gasteiger partial charge in [-0.1, -0.05) is 6.07 Å². The van der Waals surface area contributed by atoms with Crippen molar-refractivity contribution in [3.05, 3.63) is 32.7 Å². The maximum atomic E-state index is 12.6. The van der Waals surface area contributed by atoms with Crippen molar-refractivity contribution in [2.45, 2.75) is 93.4 Å². The summed E-state index contributed by atoms with van der Waals surface area (Å²) in [5, 5.41) is 22.7. The van der Waals surface area contributed by atoms with Crippen molar-refractivity contribution < 1.29 is 62.3 Å². The molecule has 4 rings (SSSR count). The number of aromatic nitrogens is 2. The Morgan fingerprint density at radius 3 is 1.80 bits per heavy atom. The minimum atomic E-state index is -5.90. The topological polar surface area (TPSA) is 263 Å². The van der Waals surface area contributed by atoms with Crippen LogP contribution in [-0.4, -0.2) is 117 Å². The Balaban J connectivity index is 0.000000588. The van der Waals surface area contributed by atoms with Crippen molar-refractivity contribution in [1.29, 1.82) is 0 Å². The van der Waals surface area contributed by atoms with Gasteiger partial charge < -0.3 is 69.0 Å². The molecule has 2 aliphatic rings. The third-order valence-electron chi connectivity index (χ3n) is 9.47. The lowest BCUT2D eigenvalue weighted by molar-refractivity contribution is -0.894. The number of anilines is 3. The molecule has 0 amide bonds. The Morgan fingerprint density at radius 1 is 0.909 bits per heavy atom. The Kier molecular flexibility index (Phi) is 23.5. The summed E-state index contributed by atoms with van der Waals surface area (Å²) in [4.78, 5) is 60.6. The molecule has 22 heteroatoms. The SMILES string of the molecule is CC[NH+](CC)CC.CC[NH+](CC)CC.CC[NH+](CC)CC.Nc1nc2c(c(=O)[nH]1)N(Cc1cccs1)CN2[C@@H]1O[C@H](COP(=O)([O-])OP(=O)([O-])[O-])[C@@H](O)[C@H]1O. The second-order valence-corrected chi connectivity index (χ2v) is 16.5. The average Bonchev–Trinajstić information content (AvgIpc) is 3.84. The smallest absolute Gasteiger partial charge is 0.278 e. The van der Waals surface area contributed by atoms with Crippen molar-refractivity contribution in [1.82, 2.24) is 9.97 Å². The van der Waals surface area contributed by atoms with Crippen molar-refractivity contribution >= 4 is 44.4 Å². The second-order valence-electron chi connectivity index (χ2n) is 12.8. The van der Waals surface area contributed by atoms with E-state index in [4.69, 9.17) is 10.5 Å². The number of phosphoric acid groups is 2. The van der Waals surface area contributed by atoms with E-state index in [0.29, 0.717) is 6.54 Å². The summed E-state index contributed by atoms with van der Waals surface area (Å²) >= 11 is 1.45. The average molecular weight is 845 g/mol. The van der Waals surface area contributed by atoms with E-state index < -0.39 is 52.4 Å². The number of phosphoric ester groups is 1. The van der Waals surface area contributed by atoms with Gasteiger partial charge in [0, 0.05) is 4.88 Å². The van der Waals surface area contributed by atoms with Crippen LogP contribution in [0.4, 0.5) is 17.5 Å². The zero-order valence-corrected chi connectivity index (χ0v) is 36.4. The number of hydrogen-bond acceptors (Lipinski definition) is 16. The van der Waals surface area contributed by atoms with Crippen LogP contribution in [0.5, 0.6) is 0 Å². The van der Waals surface area contributed by atoms with Crippen LogP contribution in [0.25, 0.3) is 0 Å². The summed E-state index contributed by atoms with van der Waals surface area (Å²) in [5.41, 5.74) is 5.28. The summed E-state index contributed by atoms with van der Waals surface area (Å²) in [6.07, 6.45) is -6.10. The second kappa shape index (κ2) is 25.4. The molecule has 2 aliphatic heterocycles. The number of aromatic amines is 1. The number of rotatable bonds is 17. The zero-order chi connectivity index (χ0) is 41.9. The molecule has 4 heterocycles. The fraction of sp³-hybridized carbons (Fsp3) is 0.758. The van der Waals surface area contributed by atoms with Crippen LogP contribution in [0.2, 0.25) is 0 Å². The number of fused-ring (bicyclic) bond motifs is 1. The van der Waals surface area contributed by atoms with Gasteiger partial charge in [-0.2, -0.15) is 4.98 Å². The van der Waals surface area contributed by atoms with E-state index in [1.807, 2.05) is 17.5 Å². The van der Waals surface area contributed by atoms with Crippen LogP contribution < -0.4 is 50.5 Å². The fourth-order valence-electron chi connectivity index (χ4n) is 5.88. The van der Waals surface area contributed by atoms with Crippen molar-refractivity contribution in [3.8, 4) is 0 Å². The van der Waals surface area contributed by atoms with E-state index in [1.54, 1.807) is 19.6 Å². The molecule has 1 saturated heterocycles. The monoisotopic (exact) mass is 844 g/mol. The molecule has 1 fully saturated rings. The van der Waals surface area contributed by atoms with Crippen LogP contribution in [0, 0.1) is 0 Å². The van der Waals surface area contributed by atoms with E-state index in [9.17, 15) is 38.8 Å². The number of ether oxygens (including phenoxy) is 1. The van der Waals surface area contributed by atoms with Gasteiger partial charge in [0.05, 0.1) is 86.5 Å². The maximum absolute atomic E-state index is 12.6. The van der Waals surface area contributed by atoms with Gasteiger partial charge >= 0.3 is 0 Å². The number of aliphatic hydroxyl groups is 2. The predicted molar refractivity (Wildman–Crippen MR) is 208 cm³/mol. The number of nitrogens with one attached hydrogen (secondary N) is 4. The molecule has 0 bridgehead atoms. The van der Waals surface area contributed by atoms with Gasteiger partial charge in [-0.05, 0) is 73.8 Å². The highest BCUT2D eigenvalue weighted by molar-refractivity contribution is 7.58. The largest absolute Gasteiger partial charge is 0.790 e. The van der Waals surface area contributed by atoms with Gasteiger partial charge in [0.15, 0.2) is 12.0 Å². The third-order valence-corrected chi connectivity index (χ3v) is 12.4. The lowest BCUT2D eigenvalue weighted by atomic mass is 10.1. The lowest BCUT2D eigenvalue weighted by Gasteiger charge is -2.35. The molecular weight excluding hydrogens is 778 g/mol. The number of H-pyrrole nitrogens is 1. The molecule has 0 aromatic carbocycles. The summed E-state index contributed by atoms with van der Waals surface area (Å²) in [6, 6.07) is 3.69. The number of hydrogen-bond donors (Lipinski definition) is 7. The van der Waals surface area contributed by atoms with Gasteiger partial charge in [-0.25, -0.2) is 0 Å². The molecule has 320 valence electrons. The molecule has 2 aromatic rings. The molecule has 0 saturated carbocycles. The Morgan fingerprint density at radius 2 is 1.40 bits per heavy atom. The zero-order valence-electron chi connectivity index (χ0n) is 33.8. The van der Waals surface area contributed by atoms with Crippen LogP contribution in [0.1, 0.15) is 67.2 Å².